The maximum absolute atomic E-state index is 5.67. The SMILES string of the molecule is Cc1cc(CC2(CN)CC2)no1. The van der Waals surface area contributed by atoms with Crippen LogP contribution in [-0.2, 0) is 6.42 Å². The van der Waals surface area contributed by atoms with Crippen molar-refractivity contribution in [2.75, 3.05) is 6.54 Å². The standard InChI is InChI=1S/C9H14N2O/c1-7-4-8(11-12-7)5-9(6-10)2-3-9/h4H,2-3,5-6,10H2,1H3. The minimum atomic E-state index is 0.364. The largest absolute Gasteiger partial charge is 0.361 e. The second-order valence-corrected chi connectivity index (χ2v) is 3.81. The predicted molar refractivity (Wildman–Crippen MR) is 45.7 cm³/mol. The van der Waals surface area contributed by atoms with Crippen LogP contribution in [-0.4, -0.2) is 11.7 Å². The van der Waals surface area contributed by atoms with E-state index in [0.717, 1.165) is 24.4 Å². The fourth-order valence-electron chi connectivity index (χ4n) is 1.52. The molecule has 12 heavy (non-hydrogen) atoms. The van der Waals surface area contributed by atoms with E-state index in [4.69, 9.17) is 10.3 Å². The molecule has 1 heterocycles. The molecule has 0 unspecified atom stereocenters. The number of aromatic nitrogens is 1. The Morgan fingerprint density at radius 1 is 1.67 bits per heavy atom. The first-order valence-electron chi connectivity index (χ1n) is 4.36. The van der Waals surface area contributed by atoms with Crippen LogP contribution in [0.5, 0.6) is 0 Å². The number of hydrogen-bond donors (Lipinski definition) is 1. The van der Waals surface area contributed by atoms with Crippen LogP contribution in [0.2, 0.25) is 0 Å². The number of nitrogens with zero attached hydrogens (tertiary/aromatic N) is 1. The van der Waals surface area contributed by atoms with Crippen LogP contribution in [0.4, 0.5) is 0 Å². The van der Waals surface area contributed by atoms with Gasteiger partial charge in [-0.1, -0.05) is 5.16 Å². The molecule has 66 valence electrons. The fourth-order valence-corrected chi connectivity index (χ4v) is 1.52. The van der Waals surface area contributed by atoms with Gasteiger partial charge in [-0.15, -0.1) is 0 Å². The third-order valence-electron chi connectivity index (χ3n) is 2.62. The topological polar surface area (TPSA) is 52.0 Å². The molecule has 1 fully saturated rings. The minimum absolute atomic E-state index is 0.364. The lowest BCUT2D eigenvalue weighted by atomic mass is 10.0. The van der Waals surface area contributed by atoms with Crippen molar-refractivity contribution < 1.29 is 4.52 Å². The van der Waals surface area contributed by atoms with Crippen molar-refractivity contribution in [1.29, 1.82) is 0 Å². The average molecular weight is 166 g/mol. The Bertz CT molecular complexity index is 276. The highest BCUT2D eigenvalue weighted by Crippen LogP contribution is 2.47. The molecule has 3 heteroatoms. The fraction of sp³-hybridized carbons (Fsp3) is 0.667. The highest BCUT2D eigenvalue weighted by atomic mass is 16.5. The summed E-state index contributed by atoms with van der Waals surface area (Å²) in [5.74, 6) is 0.887. The second kappa shape index (κ2) is 2.59. The van der Waals surface area contributed by atoms with Crippen molar-refractivity contribution in [3.8, 4) is 0 Å². The van der Waals surface area contributed by atoms with Gasteiger partial charge in [-0.05, 0) is 38.1 Å². The Kier molecular flexibility index (Phi) is 1.68. The molecule has 2 N–H and O–H groups in total. The lowest BCUT2D eigenvalue weighted by molar-refractivity contribution is 0.382. The monoisotopic (exact) mass is 166 g/mol. The molecule has 0 atom stereocenters. The zero-order valence-corrected chi connectivity index (χ0v) is 7.34. The van der Waals surface area contributed by atoms with E-state index >= 15 is 0 Å². The van der Waals surface area contributed by atoms with Gasteiger partial charge in [-0.2, -0.15) is 0 Å². The normalized spacial score (nSPS) is 19.5. The van der Waals surface area contributed by atoms with Gasteiger partial charge in [0.2, 0.25) is 0 Å². The van der Waals surface area contributed by atoms with E-state index in [9.17, 15) is 0 Å². The van der Waals surface area contributed by atoms with Gasteiger partial charge < -0.3 is 10.3 Å². The van der Waals surface area contributed by atoms with Crippen LogP contribution in [0.3, 0.4) is 0 Å². The van der Waals surface area contributed by atoms with Gasteiger partial charge in [0.05, 0.1) is 5.69 Å². The molecular weight excluding hydrogens is 152 g/mol. The molecule has 1 aromatic rings. The van der Waals surface area contributed by atoms with Crippen molar-refractivity contribution in [3.63, 3.8) is 0 Å². The van der Waals surface area contributed by atoms with Gasteiger partial charge in [0.25, 0.3) is 0 Å². The van der Waals surface area contributed by atoms with Crippen molar-refractivity contribution in [3.05, 3.63) is 17.5 Å². The van der Waals surface area contributed by atoms with Gasteiger partial charge in [-0.25, -0.2) is 0 Å². The summed E-state index contributed by atoms with van der Waals surface area (Å²) in [6, 6.07) is 2.00. The third-order valence-corrected chi connectivity index (χ3v) is 2.62. The lowest BCUT2D eigenvalue weighted by Gasteiger charge is -2.07. The molecule has 0 aromatic carbocycles. The molecule has 1 saturated carbocycles. The summed E-state index contributed by atoms with van der Waals surface area (Å²) in [5.41, 5.74) is 7.08. The van der Waals surface area contributed by atoms with Crippen molar-refractivity contribution >= 4 is 0 Å². The predicted octanol–water partition coefficient (Wildman–Crippen LogP) is 1.26. The van der Waals surface area contributed by atoms with E-state index < -0.39 is 0 Å². The van der Waals surface area contributed by atoms with Gasteiger partial charge in [-0.3, -0.25) is 0 Å². The molecular formula is C9H14N2O. The highest BCUT2D eigenvalue weighted by molar-refractivity contribution is 5.10. The smallest absolute Gasteiger partial charge is 0.133 e. The van der Waals surface area contributed by atoms with Crippen LogP contribution >= 0.6 is 0 Å². The molecule has 1 aliphatic carbocycles. The molecule has 1 aliphatic rings. The summed E-state index contributed by atoms with van der Waals surface area (Å²) < 4.78 is 4.99. The number of nitrogens with two attached hydrogens (primary N) is 1. The van der Waals surface area contributed by atoms with Crippen LogP contribution in [0.15, 0.2) is 10.6 Å². The van der Waals surface area contributed by atoms with E-state index in [2.05, 4.69) is 5.16 Å². The Labute approximate surface area is 71.9 Å². The molecule has 0 radical (unpaired) electrons. The summed E-state index contributed by atoms with van der Waals surface area (Å²) in [6.07, 6.45) is 3.48. The molecule has 0 saturated heterocycles. The van der Waals surface area contributed by atoms with E-state index in [1.54, 1.807) is 0 Å². The van der Waals surface area contributed by atoms with Gasteiger partial charge in [0.15, 0.2) is 0 Å². The molecule has 0 spiro atoms. The highest BCUT2D eigenvalue weighted by Gasteiger charge is 2.41. The lowest BCUT2D eigenvalue weighted by Crippen LogP contribution is -2.17. The number of aryl methyl sites for hydroxylation is 1. The van der Waals surface area contributed by atoms with Crippen LogP contribution < -0.4 is 5.73 Å². The first-order chi connectivity index (χ1) is 5.74. The maximum atomic E-state index is 5.67. The van der Waals surface area contributed by atoms with Crippen LogP contribution in [0.25, 0.3) is 0 Å². The molecule has 3 nitrogen and oxygen atoms in total. The zero-order valence-electron chi connectivity index (χ0n) is 7.34. The summed E-state index contributed by atoms with van der Waals surface area (Å²) in [7, 11) is 0. The summed E-state index contributed by atoms with van der Waals surface area (Å²) in [5, 5.41) is 3.96. The minimum Gasteiger partial charge on any atom is -0.361 e. The van der Waals surface area contributed by atoms with E-state index in [1.165, 1.54) is 12.8 Å². The molecule has 0 bridgehead atoms. The average Bonchev–Trinajstić information content (AvgIpc) is 2.71. The first kappa shape index (κ1) is 7.80. The van der Waals surface area contributed by atoms with Crippen LogP contribution in [0.1, 0.15) is 24.3 Å². The molecule has 0 aliphatic heterocycles. The molecule has 0 amide bonds. The Morgan fingerprint density at radius 3 is 2.83 bits per heavy atom. The first-order valence-corrected chi connectivity index (χ1v) is 4.36. The quantitative estimate of drug-likeness (QED) is 0.735. The Hall–Kier alpha value is -0.830. The van der Waals surface area contributed by atoms with Gasteiger partial charge in [0.1, 0.15) is 5.76 Å². The Morgan fingerprint density at radius 2 is 2.42 bits per heavy atom. The third kappa shape index (κ3) is 1.37. The van der Waals surface area contributed by atoms with Crippen molar-refractivity contribution in [1.82, 2.24) is 5.16 Å². The van der Waals surface area contributed by atoms with Crippen molar-refractivity contribution in [2.45, 2.75) is 26.2 Å². The van der Waals surface area contributed by atoms with Crippen molar-refractivity contribution in [2.24, 2.45) is 11.1 Å². The Balaban J connectivity index is 2.04. The summed E-state index contributed by atoms with van der Waals surface area (Å²) >= 11 is 0. The number of rotatable bonds is 3. The van der Waals surface area contributed by atoms with Crippen LogP contribution in [0, 0.1) is 12.3 Å². The van der Waals surface area contributed by atoms with E-state index in [1.807, 2.05) is 13.0 Å². The summed E-state index contributed by atoms with van der Waals surface area (Å²) in [6.45, 7) is 2.69. The zero-order chi connectivity index (χ0) is 8.60. The van der Waals surface area contributed by atoms with E-state index in [-0.39, 0.29) is 0 Å². The number of hydrogen-bond acceptors (Lipinski definition) is 3. The van der Waals surface area contributed by atoms with Gasteiger partial charge >= 0.3 is 0 Å². The van der Waals surface area contributed by atoms with E-state index in [0.29, 0.717) is 5.41 Å². The molecule has 2 rings (SSSR count). The van der Waals surface area contributed by atoms with Gasteiger partial charge in [0, 0.05) is 6.07 Å². The second-order valence-electron chi connectivity index (χ2n) is 3.81. The summed E-state index contributed by atoms with van der Waals surface area (Å²) in [4.78, 5) is 0. The maximum Gasteiger partial charge on any atom is 0.133 e. The molecule has 1 aromatic heterocycles.